The lowest BCUT2D eigenvalue weighted by molar-refractivity contribution is -0.122. The van der Waals surface area contributed by atoms with Crippen LogP contribution < -0.4 is 15.6 Å². The molecule has 5 nitrogen and oxygen atoms in total. The Hall–Kier alpha value is -2.01. The summed E-state index contributed by atoms with van der Waals surface area (Å²) in [6.45, 7) is 0.602. The zero-order chi connectivity index (χ0) is 12.5. The van der Waals surface area contributed by atoms with Gasteiger partial charge in [-0.3, -0.25) is 4.79 Å². The number of hydroxylamine groups is 1. The number of carbonyl (C=O) groups is 1. The van der Waals surface area contributed by atoms with Crippen LogP contribution >= 0.6 is 0 Å². The lowest BCUT2D eigenvalue weighted by atomic mass is 10.1. The van der Waals surface area contributed by atoms with E-state index in [0.29, 0.717) is 23.9 Å². The lowest BCUT2D eigenvalue weighted by Gasteiger charge is -2.12. The molecule has 3 rings (SSSR count). The molecule has 0 atom stereocenters. The Kier molecular flexibility index (Phi) is 2.68. The maximum absolute atomic E-state index is 11.2. The molecule has 94 valence electrons. The van der Waals surface area contributed by atoms with Crippen LogP contribution in [0.5, 0.6) is 11.5 Å². The summed E-state index contributed by atoms with van der Waals surface area (Å²) in [7, 11) is 0. The average Bonchev–Trinajstić information content (AvgIpc) is 3.17. The summed E-state index contributed by atoms with van der Waals surface area (Å²) in [4.78, 5) is 16.3. The van der Waals surface area contributed by atoms with E-state index >= 15 is 0 Å². The topological polar surface area (TPSA) is 70.6 Å². The molecule has 1 aliphatic carbocycles. The standard InChI is InChI=1S/C13H14N2O3/c16-11-6-3-8-1-2-9(7-14-10-4-5-10)12(17)13(8)18-15-11/h1-3,6,10,14,17H,4-5,7H2,(H,15,16). The first-order valence-corrected chi connectivity index (χ1v) is 5.97. The Bertz CT molecular complexity index is 521. The molecule has 3 N–H and O–H groups in total. The molecule has 0 saturated heterocycles. The molecule has 1 aromatic rings. The van der Waals surface area contributed by atoms with Crippen molar-refractivity contribution in [3.63, 3.8) is 0 Å². The monoisotopic (exact) mass is 246 g/mol. The summed E-state index contributed by atoms with van der Waals surface area (Å²) in [6.07, 6.45) is 5.38. The van der Waals surface area contributed by atoms with Crippen molar-refractivity contribution in [2.45, 2.75) is 25.4 Å². The van der Waals surface area contributed by atoms with E-state index in [4.69, 9.17) is 4.84 Å². The summed E-state index contributed by atoms with van der Waals surface area (Å²) in [6, 6.07) is 4.24. The van der Waals surface area contributed by atoms with Crippen LogP contribution in [0.3, 0.4) is 0 Å². The van der Waals surface area contributed by atoms with Crippen LogP contribution in [0.15, 0.2) is 18.2 Å². The molecule has 0 bridgehead atoms. The highest BCUT2D eigenvalue weighted by Crippen LogP contribution is 2.35. The highest BCUT2D eigenvalue weighted by Gasteiger charge is 2.22. The highest BCUT2D eigenvalue weighted by atomic mass is 16.7. The van der Waals surface area contributed by atoms with Gasteiger partial charge in [0.1, 0.15) is 0 Å². The number of fused-ring (bicyclic) bond motifs is 1. The largest absolute Gasteiger partial charge is 0.504 e. The minimum absolute atomic E-state index is 0.0764. The SMILES string of the molecule is O=C1C=Cc2ccc(CNC3CC3)c(O)c2ON1. The van der Waals surface area contributed by atoms with Gasteiger partial charge in [-0.15, -0.1) is 0 Å². The van der Waals surface area contributed by atoms with Crippen molar-refractivity contribution in [2.24, 2.45) is 0 Å². The fourth-order valence-electron chi connectivity index (χ4n) is 1.85. The van der Waals surface area contributed by atoms with Gasteiger partial charge in [0.25, 0.3) is 5.91 Å². The van der Waals surface area contributed by atoms with E-state index in [-0.39, 0.29) is 11.7 Å². The Morgan fingerprint density at radius 3 is 3.00 bits per heavy atom. The van der Waals surface area contributed by atoms with Gasteiger partial charge >= 0.3 is 0 Å². The number of benzene rings is 1. The number of carbonyl (C=O) groups excluding carboxylic acids is 1. The van der Waals surface area contributed by atoms with Crippen LogP contribution in [-0.2, 0) is 11.3 Å². The fraction of sp³-hybridized carbons (Fsp3) is 0.308. The van der Waals surface area contributed by atoms with E-state index in [1.54, 1.807) is 6.08 Å². The zero-order valence-corrected chi connectivity index (χ0v) is 9.77. The molecule has 5 heteroatoms. The van der Waals surface area contributed by atoms with Crippen molar-refractivity contribution in [3.8, 4) is 11.5 Å². The van der Waals surface area contributed by atoms with Crippen LogP contribution in [0.2, 0.25) is 0 Å². The molecule has 0 radical (unpaired) electrons. The Labute approximate surface area is 104 Å². The van der Waals surface area contributed by atoms with Gasteiger partial charge in [0.15, 0.2) is 5.75 Å². The van der Waals surface area contributed by atoms with Gasteiger partial charge in [-0.1, -0.05) is 12.1 Å². The third-order valence-corrected chi connectivity index (χ3v) is 3.07. The highest BCUT2D eigenvalue weighted by molar-refractivity contribution is 5.92. The molecule has 1 fully saturated rings. The number of aromatic hydroxyl groups is 1. The van der Waals surface area contributed by atoms with Crippen molar-refractivity contribution < 1.29 is 14.7 Å². The molecule has 1 heterocycles. The number of rotatable bonds is 3. The minimum Gasteiger partial charge on any atom is -0.504 e. The Morgan fingerprint density at radius 2 is 2.22 bits per heavy atom. The predicted octanol–water partition coefficient (Wildman–Crippen LogP) is 1.08. The van der Waals surface area contributed by atoms with E-state index in [0.717, 1.165) is 5.56 Å². The van der Waals surface area contributed by atoms with Gasteiger partial charge in [0.05, 0.1) is 0 Å². The van der Waals surface area contributed by atoms with Crippen molar-refractivity contribution in [1.82, 2.24) is 10.8 Å². The van der Waals surface area contributed by atoms with Crippen LogP contribution in [0, 0.1) is 0 Å². The predicted molar refractivity (Wildman–Crippen MR) is 65.8 cm³/mol. The summed E-state index contributed by atoms with van der Waals surface area (Å²) in [5.74, 6) is 0.0305. The first-order chi connectivity index (χ1) is 8.74. The van der Waals surface area contributed by atoms with Crippen molar-refractivity contribution >= 4 is 12.0 Å². The van der Waals surface area contributed by atoms with Gasteiger partial charge in [0.2, 0.25) is 5.75 Å². The molecule has 18 heavy (non-hydrogen) atoms. The van der Waals surface area contributed by atoms with Crippen molar-refractivity contribution in [1.29, 1.82) is 0 Å². The quantitative estimate of drug-likeness (QED) is 0.746. The van der Waals surface area contributed by atoms with E-state index < -0.39 is 0 Å². The van der Waals surface area contributed by atoms with Gasteiger partial charge in [-0.2, -0.15) is 5.48 Å². The molecule has 0 unspecified atom stereocenters. The van der Waals surface area contributed by atoms with Crippen LogP contribution in [-0.4, -0.2) is 17.1 Å². The van der Waals surface area contributed by atoms with Gasteiger partial charge < -0.3 is 15.3 Å². The summed E-state index contributed by atoms with van der Waals surface area (Å²) in [5.41, 5.74) is 3.69. The molecular weight excluding hydrogens is 232 g/mol. The molecule has 0 spiro atoms. The number of phenols is 1. The first-order valence-electron chi connectivity index (χ1n) is 5.97. The molecule has 1 aliphatic heterocycles. The lowest BCUT2D eigenvalue weighted by Crippen LogP contribution is -2.24. The van der Waals surface area contributed by atoms with E-state index in [2.05, 4.69) is 10.8 Å². The van der Waals surface area contributed by atoms with E-state index in [1.807, 2.05) is 12.1 Å². The van der Waals surface area contributed by atoms with E-state index in [1.165, 1.54) is 18.9 Å². The number of hydrogen-bond donors (Lipinski definition) is 3. The van der Waals surface area contributed by atoms with E-state index in [9.17, 15) is 9.90 Å². The maximum Gasteiger partial charge on any atom is 0.276 e. The smallest absolute Gasteiger partial charge is 0.276 e. The number of hydrogen-bond acceptors (Lipinski definition) is 4. The van der Waals surface area contributed by atoms with Gasteiger partial charge in [0, 0.05) is 29.8 Å². The second-order valence-corrected chi connectivity index (χ2v) is 4.55. The molecule has 1 aromatic carbocycles. The first kappa shape index (κ1) is 11.1. The third kappa shape index (κ3) is 2.17. The van der Waals surface area contributed by atoms with Gasteiger partial charge in [-0.05, 0) is 18.9 Å². The normalized spacial score (nSPS) is 17.7. The van der Waals surface area contributed by atoms with Crippen LogP contribution in [0.4, 0.5) is 0 Å². The van der Waals surface area contributed by atoms with Crippen molar-refractivity contribution in [3.05, 3.63) is 29.3 Å². The molecule has 1 amide bonds. The fourth-order valence-corrected chi connectivity index (χ4v) is 1.85. The second-order valence-electron chi connectivity index (χ2n) is 4.55. The minimum atomic E-state index is -0.344. The molecular formula is C13H14N2O3. The summed E-state index contributed by atoms with van der Waals surface area (Å²) < 4.78 is 0. The number of amides is 1. The van der Waals surface area contributed by atoms with Gasteiger partial charge in [-0.25, -0.2) is 0 Å². The zero-order valence-electron chi connectivity index (χ0n) is 9.77. The molecule has 2 aliphatic rings. The van der Waals surface area contributed by atoms with Crippen molar-refractivity contribution in [2.75, 3.05) is 0 Å². The molecule has 1 saturated carbocycles. The van der Waals surface area contributed by atoms with Crippen LogP contribution in [0.1, 0.15) is 24.0 Å². The Morgan fingerprint density at radius 1 is 1.39 bits per heavy atom. The van der Waals surface area contributed by atoms with Crippen LogP contribution in [0.25, 0.3) is 6.08 Å². The summed E-state index contributed by atoms with van der Waals surface area (Å²) in [5, 5.41) is 13.5. The third-order valence-electron chi connectivity index (χ3n) is 3.07. The Balaban J connectivity index is 1.86. The second kappa shape index (κ2) is 4.34. The molecule has 0 aromatic heterocycles. The average molecular weight is 246 g/mol. The number of nitrogens with one attached hydrogen (secondary N) is 2. The summed E-state index contributed by atoms with van der Waals surface area (Å²) >= 11 is 0. The number of phenolic OH excluding ortho intramolecular Hbond substituents is 1. The maximum atomic E-state index is 11.2.